The lowest BCUT2D eigenvalue weighted by atomic mass is 10.1. The first-order valence-corrected chi connectivity index (χ1v) is 5.29. The number of hydrogen-bond acceptors (Lipinski definition) is 1. The quantitative estimate of drug-likeness (QED) is 0.573. The van der Waals surface area contributed by atoms with Crippen molar-refractivity contribution in [3.8, 4) is 0 Å². The normalized spacial score (nSPS) is 11.2. The summed E-state index contributed by atoms with van der Waals surface area (Å²) in [7, 11) is 0. The molecule has 0 amide bonds. The summed E-state index contributed by atoms with van der Waals surface area (Å²) in [6.07, 6.45) is 1.02. The van der Waals surface area contributed by atoms with Crippen LogP contribution in [0.5, 0.6) is 0 Å². The Hall–Kier alpha value is -2.22. The lowest BCUT2D eigenvalue weighted by Crippen LogP contribution is -1.94. The summed E-state index contributed by atoms with van der Waals surface area (Å²) in [6.45, 7) is 0. The molecule has 2 heteroatoms. The van der Waals surface area contributed by atoms with E-state index in [0.717, 1.165) is 6.08 Å². The molecule has 0 radical (unpaired) electrons. The van der Waals surface area contributed by atoms with Crippen molar-refractivity contribution in [2.45, 2.75) is 0 Å². The van der Waals surface area contributed by atoms with Crippen LogP contribution in [0.1, 0.15) is 15.9 Å². The molecule has 0 N–H and O–H groups in total. The molecule has 0 spiro atoms. The van der Waals surface area contributed by atoms with Gasteiger partial charge in [0.05, 0.1) is 0 Å². The van der Waals surface area contributed by atoms with Gasteiger partial charge in [-0.2, -0.15) is 0 Å². The van der Waals surface area contributed by atoms with Crippen molar-refractivity contribution in [1.82, 2.24) is 0 Å². The first-order chi connectivity index (χ1) is 8.27. The maximum atomic E-state index is 13.7. The lowest BCUT2D eigenvalue weighted by molar-refractivity contribution is 0.104. The molecule has 0 unspecified atom stereocenters. The molecule has 0 aliphatic rings. The fourth-order valence-corrected chi connectivity index (χ4v) is 1.48. The van der Waals surface area contributed by atoms with Crippen molar-refractivity contribution >= 4 is 11.6 Å². The highest BCUT2D eigenvalue weighted by atomic mass is 19.1. The number of carbonyl (C=O) groups is 1. The van der Waals surface area contributed by atoms with Gasteiger partial charge in [-0.3, -0.25) is 4.79 Å². The number of ketones is 1. The van der Waals surface area contributed by atoms with Gasteiger partial charge in [-0.25, -0.2) is 4.39 Å². The number of benzene rings is 2. The third-order valence-corrected chi connectivity index (χ3v) is 2.37. The van der Waals surface area contributed by atoms with Crippen LogP contribution in [-0.4, -0.2) is 5.78 Å². The largest absolute Gasteiger partial charge is 0.289 e. The van der Waals surface area contributed by atoms with Gasteiger partial charge in [-0.05, 0) is 0 Å². The zero-order valence-corrected chi connectivity index (χ0v) is 9.14. The first kappa shape index (κ1) is 11.3. The van der Waals surface area contributed by atoms with E-state index in [2.05, 4.69) is 0 Å². The van der Waals surface area contributed by atoms with Crippen molar-refractivity contribution in [1.29, 1.82) is 0 Å². The summed E-state index contributed by atoms with van der Waals surface area (Å²) in [5.41, 5.74) is 0.898. The van der Waals surface area contributed by atoms with E-state index in [9.17, 15) is 9.18 Å². The highest BCUT2D eigenvalue weighted by molar-refractivity contribution is 6.07. The number of halogens is 1. The van der Waals surface area contributed by atoms with Crippen LogP contribution in [-0.2, 0) is 0 Å². The van der Waals surface area contributed by atoms with Crippen LogP contribution in [0.15, 0.2) is 66.7 Å². The molecule has 0 saturated carbocycles. The molecule has 0 fully saturated rings. The summed E-state index contributed by atoms with van der Waals surface area (Å²) in [5, 5.41) is 0. The molecule has 0 heterocycles. The maximum Gasteiger partial charge on any atom is 0.188 e. The second-order valence-electron chi connectivity index (χ2n) is 3.59. The number of hydrogen-bond donors (Lipinski definition) is 0. The average molecular weight is 226 g/mol. The summed E-state index contributed by atoms with van der Waals surface area (Å²) in [4.78, 5) is 11.7. The van der Waals surface area contributed by atoms with E-state index in [1.165, 1.54) is 0 Å². The third kappa shape index (κ3) is 2.88. The van der Waals surface area contributed by atoms with E-state index in [-0.39, 0.29) is 5.78 Å². The van der Waals surface area contributed by atoms with Crippen LogP contribution in [0, 0.1) is 0 Å². The molecule has 0 aromatic heterocycles. The molecule has 2 aromatic carbocycles. The van der Waals surface area contributed by atoms with Crippen LogP contribution < -0.4 is 0 Å². The molecular weight excluding hydrogens is 215 g/mol. The summed E-state index contributed by atoms with van der Waals surface area (Å²) < 4.78 is 13.7. The monoisotopic (exact) mass is 226 g/mol. The van der Waals surface area contributed by atoms with Gasteiger partial charge in [-0.15, -0.1) is 0 Å². The van der Waals surface area contributed by atoms with E-state index in [1.807, 2.05) is 6.07 Å². The summed E-state index contributed by atoms with van der Waals surface area (Å²) in [5.74, 6) is -0.841. The predicted molar refractivity (Wildman–Crippen MR) is 66.3 cm³/mol. The molecule has 0 aliphatic heterocycles. The van der Waals surface area contributed by atoms with Crippen LogP contribution >= 0.6 is 0 Å². The molecule has 2 rings (SSSR count). The van der Waals surface area contributed by atoms with E-state index < -0.39 is 5.83 Å². The molecule has 0 atom stereocenters. The lowest BCUT2D eigenvalue weighted by Gasteiger charge is -1.98. The van der Waals surface area contributed by atoms with Gasteiger partial charge in [0.2, 0.25) is 0 Å². The Kier molecular flexibility index (Phi) is 3.46. The maximum absolute atomic E-state index is 13.7. The Bertz CT molecular complexity index is 529. The van der Waals surface area contributed by atoms with Crippen molar-refractivity contribution in [3.63, 3.8) is 0 Å². The third-order valence-electron chi connectivity index (χ3n) is 2.37. The Labute approximate surface area is 99.2 Å². The van der Waals surface area contributed by atoms with Crippen molar-refractivity contribution in [2.75, 3.05) is 0 Å². The van der Waals surface area contributed by atoms with E-state index in [1.54, 1.807) is 54.6 Å². The molecule has 2 aromatic rings. The average Bonchev–Trinajstić information content (AvgIpc) is 2.40. The Balaban J connectivity index is 2.24. The fraction of sp³-hybridized carbons (Fsp3) is 0. The van der Waals surface area contributed by atoms with Crippen molar-refractivity contribution in [3.05, 3.63) is 77.9 Å². The smallest absolute Gasteiger partial charge is 0.188 e. The zero-order valence-electron chi connectivity index (χ0n) is 9.14. The Morgan fingerprint density at radius 1 is 0.824 bits per heavy atom. The topological polar surface area (TPSA) is 17.1 Å². The Morgan fingerprint density at radius 3 is 1.82 bits per heavy atom. The van der Waals surface area contributed by atoms with Gasteiger partial charge in [0.15, 0.2) is 5.78 Å². The van der Waals surface area contributed by atoms with Gasteiger partial charge in [0.25, 0.3) is 0 Å². The molecule has 17 heavy (non-hydrogen) atoms. The van der Waals surface area contributed by atoms with Crippen molar-refractivity contribution < 1.29 is 9.18 Å². The SMILES string of the molecule is O=C(/C=C(/F)c1ccccc1)c1ccccc1. The van der Waals surface area contributed by atoms with Crippen LogP contribution in [0.3, 0.4) is 0 Å². The number of allylic oxidation sites excluding steroid dienone is 1. The highest BCUT2D eigenvalue weighted by Crippen LogP contribution is 2.16. The molecule has 0 aliphatic carbocycles. The van der Waals surface area contributed by atoms with E-state index >= 15 is 0 Å². The van der Waals surface area contributed by atoms with Crippen LogP contribution in [0.2, 0.25) is 0 Å². The van der Waals surface area contributed by atoms with Gasteiger partial charge >= 0.3 is 0 Å². The summed E-state index contributed by atoms with van der Waals surface area (Å²) in [6, 6.07) is 17.2. The summed E-state index contributed by atoms with van der Waals surface area (Å²) >= 11 is 0. The van der Waals surface area contributed by atoms with Gasteiger partial charge in [-0.1, -0.05) is 60.7 Å². The fourth-order valence-electron chi connectivity index (χ4n) is 1.48. The van der Waals surface area contributed by atoms with Gasteiger partial charge < -0.3 is 0 Å². The van der Waals surface area contributed by atoms with Crippen LogP contribution in [0.25, 0.3) is 5.83 Å². The second-order valence-corrected chi connectivity index (χ2v) is 3.59. The zero-order chi connectivity index (χ0) is 12.1. The van der Waals surface area contributed by atoms with E-state index in [4.69, 9.17) is 0 Å². The highest BCUT2D eigenvalue weighted by Gasteiger charge is 2.05. The van der Waals surface area contributed by atoms with E-state index in [0.29, 0.717) is 11.1 Å². The molecule has 0 bridgehead atoms. The minimum Gasteiger partial charge on any atom is -0.289 e. The molecule has 84 valence electrons. The molecule has 0 saturated heterocycles. The second kappa shape index (κ2) is 5.21. The standard InChI is InChI=1S/C15H11FO/c16-14(12-7-3-1-4-8-12)11-15(17)13-9-5-2-6-10-13/h1-11H/b14-11+. The minimum atomic E-state index is -0.514. The minimum absolute atomic E-state index is 0.327. The predicted octanol–water partition coefficient (Wildman–Crippen LogP) is 3.88. The number of carbonyl (C=O) groups excluding carboxylic acids is 1. The van der Waals surface area contributed by atoms with Gasteiger partial charge in [0, 0.05) is 17.2 Å². The van der Waals surface area contributed by atoms with Crippen molar-refractivity contribution in [2.24, 2.45) is 0 Å². The molecule has 1 nitrogen and oxygen atoms in total. The first-order valence-electron chi connectivity index (χ1n) is 5.29. The Morgan fingerprint density at radius 2 is 1.29 bits per heavy atom. The molecular formula is C15H11FO. The number of rotatable bonds is 3. The van der Waals surface area contributed by atoms with Gasteiger partial charge in [0.1, 0.15) is 5.83 Å². The van der Waals surface area contributed by atoms with Crippen LogP contribution in [0.4, 0.5) is 4.39 Å².